The number of nitrogens with zero attached hydrogens (tertiary/aromatic N) is 1. The van der Waals surface area contributed by atoms with E-state index in [1.165, 1.54) is 6.07 Å². The van der Waals surface area contributed by atoms with Crippen LogP contribution in [0.5, 0.6) is 5.75 Å². The number of ether oxygens (including phenoxy) is 1. The van der Waals surface area contributed by atoms with E-state index in [2.05, 4.69) is 4.90 Å². The standard InChI is InChI=1S/C15H15FN2O/c16-13-9-12(17)6-5-11(13)10-18-7-8-19-15-4-2-1-3-14(15)18/h1-6,9H,7-8,10,17H2. The third-order valence-electron chi connectivity index (χ3n) is 3.26. The Morgan fingerprint density at radius 1 is 1.21 bits per heavy atom. The normalized spacial score (nSPS) is 13.8. The Bertz CT molecular complexity index is 600. The zero-order valence-corrected chi connectivity index (χ0v) is 10.5. The molecule has 0 spiro atoms. The molecule has 0 amide bonds. The topological polar surface area (TPSA) is 38.5 Å². The number of halogens is 1. The summed E-state index contributed by atoms with van der Waals surface area (Å²) in [6.45, 7) is 1.89. The van der Waals surface area contributed by atoms with Crippen molar-refractivity contribution in [3.63, 3.8) is 0 Å². The molecule has 0 saturated carbocycles. The Morgan fingerprint density at radius 2 is 2.05 bits per heavy atom. The molecule has 0 bridgehead atoms. The zero-order chi connectivity index (χ0) is 13.2. The molecule has 3 rings (SSSR count). The number of para-hydroxylation sites is 2. The Balaban J connectivity index is 1.88. The summed E-state index contributed by atoms with van der Waals surface area (Å²) in [5, 5.41) is 0. The molecule has 19 heavy (non-hydrogen) atoms. The van der Waals surface area contributed by atoms with Crippen LogP contribution in [0, 0.1) is 5.82 Å². The molecule has 1 aliphatic rings. The van der Waals surface area contributed by atoms with Crippen LogP contribution in [0.1, 0.15) is 5.56 Å². The average Bonchev–Trinajstić information content (AvgIpc) is 2.42. The largest absolute Gasteiger partial charge is 0.490 e. The number of rotatable bonds is 2. The maximum atomic E-state index is 13.8. The fourth-order valence-corrected chi connectivity index (χ4v) is 2.29. The second-order valence-corrected chi connectivity index (χ2v) is 4.59. The summed E-state index contributed by atoms with van der Waals surface area (Å²) in [6.07, 6.45) is 0. The molecule has 2 aromatic carbocycles. The quantitative estimate of drug-likeness (QED) is 0.842. The molecule has 0 fully saturated rings. The summed E-state index contributed by atoms with van der Waals surface area (Å²) in [5.41, 5.74) is 7.66. The highest BCUT2D eigenvalue weighted by atomic mass is 19.1. The van der Waals surface area contributed by atoms with Crippen molar-refractivity contribution in [2.45, 2.75) is 6.54 Å². The van der Waals surface area contributed by atoms with Gasteiger partial charge in [0, 0.05) is 17.8 Å². The summed E-state index contributed by atoms with van der Waals surface area (Å²) in [4.78, 5) is 2.12. The summed E-state index contributed by atoms with van der Waals surface area (Å²) in [5.74, 6) is 0.591. The van der Waals surface area contributed by atoms with Gasteiger partial charge >= 0.3 is 0 Å². The van der Waals surface area contributed by atoms with E-state index in [-0.39, 0.29) is 5.82 Å². The second-order valence-electron chi connectivity index (χ2n) is 4.59. The highest BCUT2D eigenvalue weighted by Gasteiger charge is 2.18. The average molecular weight is 258 g/mol. The molecule has 4 heteroatoms. The Hall–Kier alpha value is -2.23. The van der Waals surface area contributed by atoms with Crippen LogP contribution in [-0.4, -0.2) is 13.2 Å². The van der Waals surface area contributed by atoms with Crippen LogP contribution in [0.2, 0.25) is 0 Å². The van der Waals surface area contributed by atoms with E-state index in [4.69, 9.17) is 10.5 Å². The van der Waals surface area contributed by atoms with Gasteiger partial charge in [0.25, 0.3) is 0 Å². The van der Waals surface area contributed by atoms with Crippen molar-refractivity contribution < 1.29 is 9.13 Å². The Kier molecular flexibility index (Phi) is 2.99. The van der Waals surface area contributed by atoms with Gasteiger partial charge in [-0.3, -0.25) is 0 Å². The number of nitrogens with two attached hydrogens (primary N) is 1. The first kappa shape index (κ1) is 11.8. The number of hydrogen-bond acceptors (Lipinski definition) is 3. The van der Waals surface area contributed by atoms with Gasteiger partial charge in [0.1, 0.15) is 18.2 Å². The third kappa shape index (κ3) is 2.34. The summed E-state index contributed by atoms with van der Waals surface area (Å²) >= 11 is 0. The lowest BCUT2D eigenvalue weighted by Gasteiger charge is -2.31. The van der Waals surface area contributed by atoms with Crippen molar-refractivity contribution >= 4 is 11.4 Å². The number of anilines is 2. The molecule has 0 radical (unpaired) electrons. The smallest absolute Gasteiger partial charge is 0.142 e. The van der Waals surface area contributed by atoms with Gasteiger partial charge in [0.2, 0.25) is 0 Å². The minimum absolute atomic E-state index is 0.260. The van der Waals surface area contributed by atoms with Crippen molar-refractivity contribution in [2.24, 2.45) is 0 Å². The van der Waals surface area contributed by atoms with Gasteiger partial charge in [0.15, 0.2) is 0 Å². The first-order valence-electron chi connectivity index (χ1n) is 6.25. The van der Waals surface area contributed by atoms with Crippen molar-refractivity contribution in [3.05, 3.63) is 53.8 Å². The molecule has 1 heterocycles. The van der Waals surface area contributed by atoms with Gasteiger partial charge in [-0.2, -0.15) is 0 Å². The predicted octanol–water partition coefficient (Wildman–Crippen LogP) is 2.81. The SMILES string of the molecule is Nc1ccc(CN2CCOc3ccccc32)c(F)c1. The van der Waals surface area contributed by atoms with Crippen molar-refractivity contribution in [3.8, 4) is 5.75 Å². The first-order valence-corrected chi connectivity index (χ1v) is 6.25. The maximum absolute atomic E-state index is 13.8. The molecule has 0 aromatic heterocycles. The van der Waals surface area contributed by atoms with E-state index in [1.807, 2.05) is 24.3 Å². The van der Waals surface area contributed by atoms with E-state index >= 15 is 0 Å². The van der Waals surface area contributed by atoms with Gasteiger partial charge in [-0.05, 0) is 24.3 Å². The lowest BCUT2D eigenvalue weighted by atomic mass is 10.1. The van der Waals surface area contributed by atoms with Crippen LogP contribution in [0.15, 0.2) is 42.5 Å². The highest BCUT2D eigenvalue weighted by Crippen LogP contribution is 2.32. The van der Waals surface area contributed by atoms with Crippen LogP contribution in [-0.2, 0) is 6.54 Å². The first-order chi connectivity index (χ1) is 9.24. The van der Waals surface area contributed by atoms with Crippen LogP contribution in [0.4, 0.5) is 15.8 Å². The number of fused-ring (bicyclic) bond motifs is 1. The summed E-state index contributed by atoms with van der Waals surface area (Å²) < 4.78 is 19.4. The van der Waals surface area contributed by atoms with E-state index in [0.29, 0.717) is 24.4 Å². The summed E-state index contributed by atoms with van der Waals surface area (Å²) in [7, 11) is 0. The predicted molar refractivity (Wildman–Crippen MR) is 73.8 cm³/mol. The van der Waals surface area contributed by atoms with Crippen molar-refractivity contribution in [1.82, 2.24) is 0 Å². The number of benzene rings is 2. The van der Waals surface area contributed by atoms with E-state index in [9.17, 15) is 4.39 Å². The zero-order valence-electron chi connectivity index (χ0n) is 10.5. The molecular weight excluding hydrogens is 243 g/mol. The van der Waals surface area contributed by atoms with E-state index in [0.717, 1.165) is 18.0 Å². The van der Waals surface area contributed by atoms with Crippen molar-refractivity contribution in [1.29, 1.82) is 0 Å². The molecule has 1 aliphatic heterocycles. The number of nitrogen functional groups attached to an aromatic ring is 1. The monoisotopic (exact) mass is 258 g/mol. The Labute approximate surface area is 111 Å². The lowest BCUT2D eigenvalue weighted by Crippen LogP contribution is -2.32. The molecule has 3 nitrogen and oxygen atoms in total. The van der Waals surface area contributed by atoms with Crippen LogP contribution >= 0.6 is 0 Å². The van der Waals surface area contributed by atoms with Gasteiger partial charge in [-0.1, -0.05) is 18.2 Å². The fourth-order valence-electron chi connectivity index (χ4n) is 2.29. The van der Waals surface area contributed by atoms with Gasteiger partial charge in [-0.25, -0.2) is 4.39 Å². The minimum atomic E-state index is -0.260. The molecule has 2 aromatic rings. The molecular formula is C15H15FN2O. The van der Waals surface area contributed by atoms with Gasteiger partial charge in [-0.15, -0.1) is 0 Å². The van der Waals surface area contributed by atoms with Gasteiger partial charge in [0.05, 0.1) is 12.2 Å². The van der Waals surface area contributed by atoms with Crippen LogP contribution in [0.3, 0.4) is 0 Å². The van der Waals surface area contributed by atoms with E-state index < -0.39 is 0 Å². The highest BCUT2D eigenvalue weighted by molar-refractivity contribution is 5.60. The summed E-state index contributed by atoms with van der Waals surface area (Å²) in [6, 6.07) is 12.6. The fraction of sp³-hybridized carbons (Fsp3) is 0.200. The Morgan fingerprint density at radius 3 is 2.89 bits per heavy atom. The molecule has 0 unspecified atom stereocenters. The number of hydrogen-bond donors (Lipinski definition) is 1. The van der Waals surface area contributed by atoms with Crippen LogP contribution < -0.4 is 15.4 Å². The molecule has 0 atom stereocenters. The lowest BCUT2D eigenvalue weighted by molar-refractivity contribution is 0.306. The second kappa shape index (κ2) is 4.80. The molecule has 0 aliphatic carbocycles. The van der Waals surface area contributed by atoms with Crippen molar-refractivity contribution in [2.75, 3.05) is 23.8 Å². The van der Waals surface area contributed by atoms with E-state index in [1.54, 1.807) is 12.1 Å². The third-order valence-corrected chi connectivity index (χ3v) is 3.26. The maximum Gasteiger partial charge on any atom is 0.142 e. The minimum Gasteiger partial charge on any atom is -0.490 e. The van der Waals surface area contributed by atoms with Gasteiger partial charge < -0.3 is 15.4 Å². The molecule has 0 saturated heterocycles. The molecule has 2 N–H and O–H groups in total. The van der Waals surface area contributed by atoms with Crippen LogP contribution in [0.25, 0.3) is 0 Å². The molecule has 98 valence electrons.